The topological polar surface area (TPSA) is 64.5 Å². The van der Waals surface area contributed by atoms with Crippen LogP contribution in [0.25, 0.3) is 0 Å². The van der Waals surface area contributed by atoms with Crippen molar-refractivity contribution in [2.24, 2.45) is 0 Å². The molecular weight excluding hydrogens is 605 g/mol. The summed E-state index contributed by atoms with van der Waals surface area (Å²) < 4.78 is 0. The molecule has 2 atom stereocenters. The van der Waals surface area contributed by atoms with E-state index in [0.717, 1.165) is 54.6 Å². The molecule has 0 N–H and O–H groups in total. The number of aryl methyl sites for hydroxylation is 2. The zero-order valence-corrected chi connectivity index (χ0v) is 26.5. The van der Waals surface area contributed by atoms with Gasteiger partial charge in [-0.15, -0.1) is 0 Å². The average Bonchev–Trinajstić information content (AvgIpc) is 3.88. The van der Waals surface area contributed by atoms with Gasteiger partial charge in [-0.2, -0.15) is 0 Å². The molecule has 0 fully saturated rings. The molecule has 2 unspecified atom stereocenters. The number of nitrogens with zero attached hydrogens (tertiary/aromatic N) is 8. The van der Waals surface area contributed by atoms with Crippen LogP contribution in [0.15, 0.2) is 122 Å². The van der Waals surface area contributed by atoms with E-state index in [4.69, 9.17) is 9.97 Å². The number of benzene rings is 4. The molecule has 242 valence electrons. The van der Waals surface area contributed by atoms with Crippen LogP contribution >= 0.6 is 0 Å². The highest BCUT2D eigenvalue weighted by molar-refractivity contribution is 5.88. The fourth-order valence-electron chi connectivity index (χ4n) is 8.16. The highest BCUT2D eigenvalue weighted by atomic mass is 15.5. The van der Waals surface area contributed by atoms with Crippen LogP contribution < -0.4 is 19.6 Å². The number of rotatable bonds is 2. The van der Waals surface area contributed by atoms with E-state index in [-0.39, 0.29) is 19.8 Å². The Bertz CT molecular complexity index is 2110. The molecule has 5 aliphatic rings. The maximum Gasteiger partial charge on any atom is 0.178 e. The fraction of sp³-hybridized carbons (Fsp3) is 0.220. The second-order valence-corrected chi connectivity index (χ2v) is 13.0. The number of fused-ring (bicyclic) bond motifs is 11. The third-order valence-electron chi connectivity index (χ3n) is 10.2. The molecule has 0 saturated heterocycles. The Kier molecular flexibility index (Phi) is 7.04. The van der Waals surface area contributed by atoms with Crippen LogP contribution in [-0.2, 0) is 25.7 Å². The molecule has 0 spiro atoms. The third kappa shape index (κ3) is 4.58. The Labute approximate surface area is 287 Å². The molecule has 6 aromatic rings. The largest absolute Gasteiger partial charge is 0.302 e. The Morgan fingerprint density at radius 1 is 0.449 bits per heavy atom. The van der Waals surface area contributed by atoms with Crippen LogP contribution in [0.3, 0.4) is 0 Å². The van der Waals surface area contributed by atoms with Crippen LogP contribution in [0.1, 0.15) is 42.8 Å². The SMILES string of the molecule is C.c1ccc(N2c3nc4c(nc3N3c5ccccc5CC23)CCCC4)cc1.c1ccc(N2c3nccnc3N3c4ccccc4CC23)cc1. The summed E-state index contributed by atoms with van der Waals surface area (Å²) in [6.07, 6.45) is 10.5. The first kappa shape index (κ1) is 29.4. The van der Waals surface area contributed by atoms with Gasteiger partial charge < -0.3 is 19.6 Å². The quantitative estimate of drug-likeness (QED) is 0.186. The summed E-state index contributed by atoms with van der Waals surface area (Å²) in [5.41, 5.74) is 10.0. The second kappa shape index (κ2) is 11.7. The van der Waals surface area contributed by atoms with Crippen LogP contribution in [0, 0.1) is 0 Å². The number of anilines is 8. The van der Waals surface area contributed by atoms with Crippen LogP contribution in [0.5, 0.6) is 0 Å². The monoisotopic (exact) mass is 642 g/mol. The molecule has 49 heavy (non-hydrogen) atoms. The molecular formula is C41H38N8. The predicted molar refractivity (Wildman–Crippen MR) is 197 cm³/mol. The zero-order valence-electron chi connectivity index (χ0n) is 26.5. The molecule has 4 aliphatic heterocycles. The van der Waals surface area contributed by atoms with Crippen molar-refractivity contribution in [3.05, 3.63) is 144 Å². The van der Waals surface area contributed by atoms with Gasteiger partial charge in [-0.3, -0.25) is 0 Å². The van der Waals surface area contributed by atoms with Gasteiger partial charge in [-0.05, 0) is 73.2 Å². The van der Waals surface area contributed by atoms with Gasteiger partial charge in [0.1, 0.15) is 12.3 Å². The molecule has 8 nitrogen and oxygen atoms in total. The summed E-state index contributed by atoms with van der Waals surface area (Å²) >= 11 is 0. The van der Waals surface area contributed by atoms with Gasteiger partial charge in [-0.25, -0.2) is 19.9 Å². The standard InChI is InChI=1S/C22H20N4.C18H14N4.CH4/c1-2-9-16(10-3-1)25-20-14-15-8-4-7-13-19(15)26(20)22-21(25)23-17-11-5-6-12-18(17)24-22;1-2-7-14(8-3-1)21-16-12-13-6-4-5-9-15(13)22(16)18-17(21)19-10-11-20-18;/h1-4,7-10,13,20H,5-6,11-12,14H2;1-11,16H,12H2;1H4. The van der Waals surface area contributed by atoms with E-state index in [1.54, 1.807) is 12.4 Å². The van der Waals surface area contributed by atoms with E-state index in [9.17, 15) is 0 Å². The Morgan fingerprint density at radius 2 is 0.857 bits per heavy atom. The van der Waals surface area contributed by atoms with E-state index in [2.05, 4.69) is 133 Å². The summed E-state index contributed by atoms with van der Waals surface area (Å²) in [7, 11) is 0. The first-order valence-electron chi connectivity index (χ1n) is 17.0. The lowest BCUT2D eigenvalue weighted by molar-refractivity contribution is 0.651. The molecule has 1 aliphatic carbocycles. The second-order valence-electron chi connectivity index (χ2n) is 13.0. The minimum Gasteiger partial charge on any atom is -0.302 e. The van der Waals surface area contributed by atoms with E-state index < -0.39 is 0 Å². The summed E-state index contributed by atoms with van der Waals surface area (Å²) in [5, 5.41) is 0. The van der Waals surface area contributed by atoms with Gasteiger partial charge in [0.15, 0.2) is 23.3 Å². The lowest BCUT2D eigenvalue weighted by atomic mass is 10.0. The Morgan fingerprint density at radius 3 is 1.39 bits per heavy atom. The highest BCUT2D eigenvalue weighted by Gasteiger charge is 2.46. The summed E-state index contributed by atoms with van der Waals surface area (Å²) in [5.74, 6) is 3.94. The third-order valence-corrected chi connectivity index (χ3v) is 10.2. The molecule has 6 heterocycles. The number of aromatic nitrogens is 4. The lowest BCUT2D eigenvalue weighted by Crippen LogP contribution is -2.36. The summed E-state index contributed by atoms with van der Waals surface area (Å²) in [4.78, 5) is 28.8. The van der Waals surface area contributed by atoms with E-state index in [0.29, 0.717) is 0 Å². The Balaban J connectivity index is 0.000000132. The van der Waals surface area contributed by atoms with Gasteiger partial charge in [0.25, 0.3) is 0 Å². The smallest absolute Gasteiger partial charge is 0.178 e. The van der Waals surface area contributed by atoms with Crippen molar-refractivity contribution in [1.82, 2.24) is 19.9 Å². The summed E-state index contributed by atoms with van der Waals surface area (Å²) in [6, 6.07) is 38.3. The van der Waals surface area contributed by atoms with Crippen LogP contribution in [0.4, 0.5) is 46.0 Å². The van der Waals surface area contributed by atoms with Crippen LogP contribution in [-0.4, -0.2) is 32.3 Å². The maximum atomic E-state index is 5.13. The maximum absolute atomic E-state index is 5.13. The predicted octanol–water partition coefficient (Wildman–Crippen LogP) is 8.81. The lowest BCUT2D eigenvalue weighted by Gasteiger charge is -2.26. The molecule has 0 radical (unpaired) electrons. The van der Waals surface area contributed by atoms with Gasteiger partial charge in [0.05, 0.1) is 11.4 Å². The average molecular weight is 643 g/mol. The molecule has 0 bridgehead atoms. The van der Waals surface area contributed by atoms with Crippen molar-refractivity contribution in [1.29, 1.82) is 0 Å². The summed E-state index contributed by atoms with van der Waals surface area (Å²) in [6.45, 7) is 0. The molecule has 11 rings (SSSR count). The number of hydrogen-bond donors (Lipinski definition) is 0. The zero-order chi connectivity index (χ0) is 31.6. The first-order chi connectivity index (χ1) is 23.8. The van der Waals surface area contributed by atoms with Crippen molar-refractivity contribution in [2.75, 3.05) is 19.6 Å². The number of hydrogen-bond acceptors (Lipinski definition) is 8. The van der Waals surface area contributed by atoms with Crippen molar-refractivity contribution < 1.29 is 0 Å². The van der Waals surface area contributed by atoms with E-state index in [1.165, 1.54) is 52.4 Å². The molecule has 2 aromatic heterocycles. The van der Waals surface area contributed by atoms with Gasteiger partial charge in [0.2, 0.25) is 0 Å². The van der Waals surface area contributed by atoms with Crippen molar-refractivity contribution in [3.8, 4) is 0 Å². The van der Waals surface area contributed by atoms with Crippen molar-refractivity contribution in [2.45, 2.75) is 58.3 Å². The van der Waals surface area contributed by atoms with Gasteiger partial charge in [0, 0.05) is 48.0 Å². The van der Waals surface area contributed by atoms with E-state index >= 15 is 0 Å². The van der Waals surface area contributed by atoms with E-state index in [1.807, 2.05) is 6.07 Å². The molecule has 8 heteroatoms. The minimum atomic E-state index is 0. The van der Waals surface area contributed by atoms with Crippen LogP contribution in [0.2, 0.25) is 0 Å². The highest BCUT2D eigenvalue weighted by Crippen LogP contribution is 2.52. The number of para-hydroxylation sites is 4. The normalized spacial score (nSPS) is 18.6. The molecule has 0 saturated carbocycles. The first-order valence-corrected chi connectivity index (χ1v) is 17.0. The minimum absolute atomic E-state index is 0. The van der Waals surface area contributed by atoms with Gasteiger partial charge in [-0.1, -0.05) is 80.2 Å². The molecule has 4 aromatic carbocycles. The van der Waals surface area contributed by atoms with Crippen molar-refractivity contribution in [3.63, 3.8) is 0 Å². The fourth-order valence-corrected chi connectivity index (χ4v) is 8.16. The van der Waals surface area contributed by atoms with Crippen molar-refractivity contribution >= 4 is 46.0 Å². The van der Waals surface area contributed by atoms with Gasteiger partial charge >= 0.3 is 0 Å². The Hall–Kier alpha value is -5.76. The molecule has 0 amide bonds.